The standard InChI is InChI=1S/C13H17NO5S/c1-4-14-12(15)9(2)19-13(16)10-7-5-6-8-11(10)20(3,17)18/h5-9H,4H2,1-3H3,(H,14,15)/t9-/m1/s1. The van der Waals surface area contributed by atoms with Crippen molar-refractivity contribution in [3.63, 3.8) is 0 Å². The Hall–Kier alpha value is -1.89. The van der Waals surface area contributed by atoms with E-state index in [1.54, 1.807) is 6.92 Å². The highest BCUT2D eigenvalue weighted by Crippen LogP contribution is 2.16. The fourth-order valence-electron chi connectivity index (χ4n) is 1.55. The van der Waals surface area contributed by atoms with Gasteiger partial charge in [0.15, 0.2) is 15.9 Å². The van der Waals surface area contributed by atoms with Gasteiger partial charge in [0.05, 0.1) is 10.5 Å². The zero-order chi connectivity index (χ0) is 15.3. The van der Waals surface area contributed by atoms with Crippen molar-refractivity contribution >= 4 is 21.7 Å². The van der Waals surface area contributed by atoms with Gasteiger partial charge in [0.1, 0.15) is 0 Å². The summed E-state index contributed by atoms with van der Waals surface area (Å²) in [6.45, 7) is 3.58. The molecule has 1 N–H and O–H groups in total. The van der Waals surface area contributed by atoms with E-state index in [9.17, 15) is 18.0 Å². The molecule has 0 bridgehead atoms. The van der Waals surface area contributed by atoms with Crippen LogP contribution in [0.25, 0.3) is 0 Å². The summed E-state index contributed by atoms with van der Waals surface area (Å²) in [4.78, 5) is 23.3. The summed E-state index contributed by atoms with van der Waals surface area (Å²) in [7, 11) is -3.55. The second-order valence-electron chi connectivity index (χ2n) is 4.21. The van der Waals surface area contributed by atoms with Gasteiger partial charge in [0.2, 0.25) is 0 Å². The van der Waals surface area contributed by atoms with Crippen molar-refractivity contribution in [1.29, 1.82) is 0 Å². The summed E-state index contributed by atoms with van der Waals surface area (Å²) in [6.07, 6.45) is 0.0156. The number of carbonyl (C=O) groups is 2. The molecule has 20 heavy (non-hydrogen) atoms. The van der Waals surface area contributed by atoms with E-state index < -0.39 is 27.8 Å². The van der Waals surface area contributed by atoms with Gasteiger partial charge in [-0.1, -0.05) is 12.1 Å². The first-order chi connectivity index (χ1) is 9.27. The minimum Gasteiger partial charge on any atom is -0.449 e. The van der Waals surface area contributed by atoms with Crippen LogP contribution in [0, 0.1) is 0 Å². The molecule has 0 unspecified atom stereocenters. The van der Waals surface area contributed by atoms with E-state index in [0.717, 1.165) is 6.26 Å². The SMILES string of the molecule is CCNC(=O)[C@@H](C)OC(=O)c1ccccc1S(C)(=O)=O. The van der Waals surface area contributed by atoms with Gasteiger partial charge in [-0.15, -0.1) is 0 Å². The van der Waals surface area contributed by atoms with Gasteiger partial charge in [-0.05, 0) is 26.0 Å². The van der Waals surface area contributed by atoms with Crippen LogP contribution in [-0.2, 0) is 19.4 Å². The number of hydrogen-bond donors (Lipinski definition) is 1. The van der Waals surface area contributed by atoms with E-state index in [4.69, 9.17) is 4.74 Å². The van der Waals surface area contributed by atoms with Crippen molar-refractivity contribution in [2.75, 3.05) is 12.8 Å². The number of likely N-dealkylation sites (N-methyl/N-ethyl adjacent to an activating group) is 1. The number of amides is 1. The Labute approximate surface area is 118 Å². The summed E-state index contributed by atoms with van der Waals surface area (Å²) in [5.74, 6) is -1.28. The van der Waals surface area contributed by atoms with Crippen molar-refractivity contribution in [1.82, 2.24) is 5.32 Å². The summed E-state index contributed by atoms with van der Waals surface area (Å²) in [6, 6.07) is 5.72. The van der Waals surface area contributed by atoms with Gasteiger partial charge >= 0.3 is 5.97 Å². The first-order valence-electron chi connectivity index (χ1n) is 6.05. The number of hydrogen-bond acceptors (Lipinski definition) is 5. The molecule has 0 aliphatic rings. The van der Waals surface area contributed by atoms with Crippen LogP contribution in [0.3, 0.4) is 0 Å². The van der Waals surface area contributed by atoms with Crippen LogP contribution in [-0.4, -0.2) is 39.2 Å². The molecule has 0 heterocycles. The lowest BCUT2D eigenvalue weighted by molar-refractivity contribution is -0.128. The zero-order valence-corrected chi connectivity index (χ0v) is 12.4. The largest absolute Gasteiger partial charge is 0.449 e. The fourth-order valence-corrected chi connectivity index (χ4v) is 2.43. The van der Waals surface area contributed by atoms with E-state index in [0.29, 0.717) is 6.54 Å². The topological polar surface area (TPSA) is 89.5 Å². The van der Waals surface area contributed by atoms with Crippen LogP contribution in [0.2, 0.25) is 0 Å². The Morgan fingerprint density at radius 2 is 1.90 bits per heavy atom. The van der Waals surface area contributed by atoms with Gasteiger partial charge in [-0.3, -0.25) is 4.79 Å². The van der Waals surface area contributed by atoms with Crippen LogP contribution in [0.4, 0.5) is 0 Å². The Kier molecular flexibility index (Phi) is 5.26. The molecule has 0 saturated heterocycles. The predicted molar refractivity (Wildman–Crippen MR) is 73.1 cm³/mol. The highest BCUT2D eigenvalue weighted by Gasteiger charge is 2.23. The van der Waals surface area contributed by atoms with Crippen LogP contribution in [0.15, 0.2) is 29.2 Å². The van der Waals surface area contributed by atoms with Gasteiger partial charge in [0.25, 0.3) is 5.91 Å². The van der Waals surface area contributed by atoms with Crippen molar-refractivity contribution in [2.24, 2.45) is 0 Å². The molecule has 1 aromatic rings. The maximum Gasteiger partial charge on any atom is 0.340 e. The van der Waals surface area contributed by atoms with Gasteiger partial charge in [-0.25, -0.2) is 13.2 Å². The lowest BCUT2D eigenvalue weighted by Gasteiger charge is -2.13. The maximum absolute atomic E-state index is 12.0. The van der Waals surface area contributed by atoms with Crippen LogP contribution < -0.4 is 5.32 Å². The Balaban J connectivity index is 2.97. The van der Waals surface area contributed by atoms with Crippen molar-refractivity contribution in [2.45, 2.75) is 24.8 Å². The monoisotopic (exact) mass is 299 g/mol. The lowest BCUT2D eigenvalue weighted by atomic mass is 10.2. The Morgan fingerprint density at radius 3 is 2.45 bits per heavy atom. The fraction of sp³-hybridized carbons (Fsp3) is 0.385. The number of benzene rings is 1. The lowest BCUT2D eigenvalue weighted by Crippen LogP contribution is -2.35. The van der Waals surface area contributed by atoms with E-state index in [1.165, 1.54) is 31.2 Å². The van der Waals surface area contributed by atoms with E-state index >= 15 is 0 Å². The number of carbonyl (C=O) groups excluding carboxylic acids is 2. The first-order valence-corrected chi connectivity index (χ1v) is 7.94. The number of ether oxygens (including phenoxy) is 1. The second-order valence-corrected chi connectivity index (χ2v) is 6.19. The summed E-state index contributed by atoms with van der Waals surface area (Å²) < 4.78 is 28.2. The molecule has 1 atom stereocenters. The van der Waals surface area contributed by atoms with Gasteiger partial charge < -0.3 is 10.1 Å². The second kappa shape index (κ2) is 6.51. The van der Waals surface area contributed by atoms with Gasteiger partial charge in [-0.2, -0.15) is 0 Å². The average molecular weight is 299 g/mol. The molecule has 0 aromatic heterocycles. The molecule has 1 amide bonds. The summed E-state index contributed by atoms with van der Waals surface area (Å²) in [5, 5.41) is 2.51. The van der Waals surface area contributed by atoms with Crippen LogP contribution >= 0.6 is 0 Å². The molecule has 7 heteroatoms. The van der Waals surface area contributed by atoms with Crippen molar-refractivity contribution in [3.8, 4) is 0 Å². The highest BCUT2D eigenvalue weighted by atomic mass is 32.2. The molecule has 6 nitrogen and oxygen atoms in total. The van der Waals surface area contributed by atoms with Crippen LogP contribution in [0.1, 0.15) is 24.2 Å². The molecule has 1 aromatic carbocycles. The quantitative estimate of drug-likeness (QED) is 0.811. The number of esters is 1. The van der Waals surface area contributed by atoms with Crippen molar-refractivity contribution in [3.05, 3.63) is 29.8 Å². The molecule has 0 saturated carbocycles. The average Bonchev–Trinajstić information content (AvgIpc) is 2.37. The van der Waals surface area contributed by atoms with Gasteiger partial charge in [0, 0.05) is 12.8 Å². The predicted octanol–water partition coefficient (Wildman–Crippen LogP) is 0.772. The Bertz CT molecular complexity index is 609. The summed E-state index contributed by atoms with van der Waals surface area (Å²) >= 11 is 0. The third-order valence-electron chi connectivity index (χ3n) is 2.51. The zero-order valence-electron chi connectivity index (χ0n) is 11.5. The molecular formula is C13H17NO5S. The van der Waals surface area contributed by atoms with Crippen molar-refractivity contribution < 1.29 is 22.7 Å². The van der Waals surface area contributed by atoms with Crippen LogP contribution in [0.5, 0.6) is 0 Å². The molecule has 0 aliphatic carbocycles. The molecule has 0 spiro atoms. The Morgan fingerprint density at radius 1 is 1.30 bits per heavy atom. The number of nitrogens with one attached hydrogen (secondary N) is 1. The van der Waals surface area contributed by atoms with E-state index in [1.807, 2.05) is 0 Å². The third kappa shape index (κ3) is 4.06. The molecule has 1 rings (SSSR count). The molecule has 0 fully saturated rings. The minimum atomic E-state index is -3.55. The third-order valence-corrected chi connectivity index (χ3v) is 3.67. The molecule has 0 radical (unpaired) electrons. The first kappa shape index (κ1) is 16.2. The molecule has 110 valence electrons. The molecular weight excluding hydrogens is 282 g/mol. The highest BCUT2D eigenvalue weighted by molar-refractivity contribution is 7.90. The smallest absolute Gasteiger partial charge is 0.340 e. The number of rotatable bonds is 5. The molecule has 0 aliphatic heterocycles. The minimum absolute atomic E-state index is 0.0776. The normalized spacial score (nSPS) is 12.6. The summed E-state index contributed by atoms with van der Waals surface area (Å²) in [5.41, 5.74) is -0.0776. The number of sulfone groups is 1. The van der Waals surface area contributed by atoms with E-state index in [-0.39, 0.29) is 10.5 Å². The maximum atomic E-state index is 12.0. The van der Waals surface area contributed by atoms with E-state index in [2.05, 4.69) is 5.32 Å².